The lowest BCUT2D eigenvalue weighted by Crippen LogP contribution is -2.38. The lowest BCUT2D eigenvalue weighted by Gasteiger charge is -2.10. The van der Waals surface area contributed by atoms with E-state index in [0.29, 0.717) is 19.0 Å². The van der Waals surface area contributed by atoms with Crippen LogP contribution in [0.3, 0.4) is 0 Å². The molecule has 2 rings (SSSR count). The van der Waals surface area contributed by atoms with Gasteiger partial charge < -0.3 is 10.1 Å². The second-order valence-electron chi connectivity index (χ2n) is 3.60. The van der Waals surface area contributed by atoms with E-state index in [-0.39, 0.29) is 12.1 Å². The number of nitrogens with one attached hydrogen (secondary N) is 3. The van der Waals surface area contributed by atoms with Crippen LogP contribution in [0.15, 0.2) is 6.07 Å². The molecule has 15 heavy (non-hydrogen) atoms. The van der Waals surface area contributed by atoms with Crippen molar-refractivity contribution in [2.75, 3.05) is 18.5 Å². The van der Waals surface area contributed by atoms with Crippen LogP contribution in [-0.4, -0.2) is 35.5 Å². The third-order valence-corrected chi connectivity index (χ3v) is 2.21. The monoisotopic (exact) mass is 210 g/mol. The summed E-state index contributed by atoms with van der Waals surface area (Å²) in [7, 11) is 0. The van der Waals surface area contributed by atoms with Crippen molar-refractivity contribution in [1.82, 2.24) is 15.5 Å². The minimum atomic E-state index is -0.239. The summed E-state index contributed by atoms with van der Waals surface area (Å²) in [5.41, 5.74) is 0.912. The number of carbonyl (C=O) groups excluding carboxylic acids is 1. The lowest BCUT2D eigenvalue weighted by molar-refractivity contribution is 0.189. The topological polar surface area (TPSA) is 79.0 Å². The van der Waals surface area contributed by atoms with Gasteiger partial charge in [0.15, 0.2) is 5.82 Å². The number of aromatic nitrogens is 2. The number of H-pyrrole nitrogens is 1. The maximum Gasteiger partial charge on any atom is 0.320 e. The molecule has 3 N–H and O–H groups in total. The molecule has 2 amide bonds. The van der Waals surface area contributed by atoms with Crippen molar-refractivity contribution in [3.8, 4) is 0 Å². The molecule has 2 heterocycles. The molecule has 6 heteroatoms. The summed E-state index contributed by atoms with van der Waals surface area (Å²) in [5, 5.41) is 12.1. The molecular formula is C9H14N4O2. The van der Waals surface area contributed by atoms with E-state index in [4.69, 9.17) is 4.74 Å². The van der Waals surface area contributed by atoms with E-state index >= 15 is 0 Å². The Hall–Kier alpha value is -1.56. The maximum absolute atomic E-state index is 11.4. The van der Waals surface area contributed by atoms with E-state index in [9.17, 15) is 4.79 Å². The summed E-state index contributed by atoms with van der Waals surface area (Å²) >= 11 is 0. The number of hydrogen-bond donors (Lipinski definition) is 3. The van der Waals surface area contributed by atoms with Gasteiger partial charge in [-0.2, -0.15) is 5.10 Å². The molecule has 0 aliphatic carbocycles. The number of hydrogen-bond acceptors (Lipinski definition) is 3. The molecule has 1 unspecified atom stereocenters. The molecule has 0 bridgehead atoms. The standard InChI is InChI=1S/C9H14N4O2/c1-6-4-8(13-12-6)11-9(14)10-7-2-3-15-5-7/h4,7H,2-3,5H2,1H3,(H3,10,11,12,13,14). The number of nitrogens with zero attached hydrogens (tertiary/aromatic N) is 1. The van der Waals surface area contributed by atoms with Crippen LogP contribution in [0, 0.1) is 6.92 Å². The van der Waals surface area contributed by atoms with Crippen LogP contribution >= 0.6 is 0 Å². The van der Waals surface area contributed by atoms with Gasteiger partial charge in [0.05, 0.1) is 12.6 Å². The number of aromatic amines is 1. The molecule has 0 saturated carbocycles. The van der Waals surface area contributed by atoms with Gasteiger partial charge in [0.1, 0.15) is 0 Å². The number of aryl methyl sites for hydroxylation is 1. The van der Waals surface area contributed by atoms with Crippen molar-refractivity contribution in [2.24, 2.45) is 0 Å². The summed E-state index contributed by atoms with van der Waals surface area (Å²) in [6, 6.07) is 1.65. The van der Waals surface area contributed by atoms with Crippen LogP contribution in [0.2, 0.25) is 0 Å². The van der Waals surface area contributed by atoms with E-state index in [1.54, 1.807) is 6.07 Å². The average Bonchev–Trinajstić information content (AvgIpc) is 2.77. The van der Waals surface area contributed by atoms with Crippen LogP contribution in [-0.2, 0) is 4.74 Å². The van der Waals surface area contributed by atoms with Gasteiger partial charge >= 0.3 is 6.03 Å². The Bertz CT molecular complexity index is 344. The molecule has 1 aromatic rings. The molecule has 1 aromatic heterocycles. The first-order valence-corrected chi connectivity index (χ1v) is 4.91. The van der Waals surface area contributed by atoms with E-state index in [0.717, 1.165) is 12.1 Å². The smallest absolute Gasteiger partial charge is 0.320 e. The maximum atomic E-state index is 11.4. The molecule has 82 valence electrons. The van der Waals surface area contributed by atoms with Gasteiger partial charge in [0.2, 0.25) is 0 Å². The van der Waals surface area contributed by atoms with Crippen molar-refractivity contribution in [1.29, 1.82) is 0 Å². The summed E-state index contributed by atoms with van der Waals surface area (Å²) in [4.78, 5) is 11.4. The second kappa shape index (κ2) is 4.31. The number of anilines is 1. The number of carbonyl (C=O) groups is 1. The minimum Gasteiger partial charge on any atom is -0.379 e. The Morgan fingerprint density at radius 1 is 1.73 bits per heavy atom. The first-order valence-electron chi connectivity index (χ1n) is 4.91. The predicted molar refractivity (Wildman–Crippen MR) is 54.7 cm³/mol. The van der Waals surface area contributed by atoms with Crippen LogP contribution < -0.4 is 10.6 Å². The molecule has 1 atom stereocenters. The van der Waals surface area contributed by atoms with Crippen LogP contribution in [0.1, 0.15) is 12.1 Å². The zero-order chi connectivity index (χ0) is 10.7. The summed E-state index contributed by atoms with van der Waals surface area (Å²) < 4.78 is 5.15. The zero-order valence-electron chi connectivity index (χ0n) is 8.54. The molecule has 1 saturated heterocycles. The van der Waals surface area contributed by atoms with Gasteiger partial charge in [0, 0.05) is 18.4 Å². The quantitative estimate of drug-likeness (QED) is 0.669. The third kappa shape index (κ3) is 2.69. The van der Waals surface area contributed by atoms with E-state index in [1.165, 1.54) is 0 Å². The first kappa shape index (κ1) is 9.97. The highest BCUT2D eigenvalue weighted by Gasteiger charge is 2.17. The van der Waals surface area contributed by atoms with Crippen molar-refractivity contribution in [3.63, 3.8) is 0 Å². The number of urea groups is 1. The molecule has 0 radical (unpaired) electrons. The summed E-state index contributed by atoms with van der Waals surface area (Å²) in [6.07, 6.45) is 0.868. The predicted octanol–water partition coefficient (Wildman–Crippen LogP) is 0.629. The number of ether oxygens (including phenoxy) is 1. The Labute approximate surface area is 87.4 Å². The largest absolute Gasteiger partial charge is 0.379 e. The lowest BCUT2D eigenvalue weighted by atomic mass is 10.3. The fourth-order valence-electron chi connectivity index (χ4n) is 1.47. The normalized spacial score (nSPS) is 20.2. The van der Waals surface area contributed by atoms with Crippen LogP contribution in [0.5, 0.6) is 0 Å². The third-order valence-electron chi connectivity index (χ3n) is 2.21. The molecular weight excluding hydrogens is 196 g/mol. The average molecular weight is 210 g/mol. The number of amides is 2. The fraction of sp³-hybridized carbons (Fsp3) is 0.556. The Balaban J connectivity index is 1.81. The molecule has 1 aliphatic rings. The van der Waals surface area contributed by atoms with Crippen LogP contribution in [0.4, 0.5) is 10.6 Å². The van der Waals surface area contributed by atoms with Gasteiger partial charge in [-0.25, -0.2) is 4.79 Å². The summed E-state index contributed by atoms with van der Waals surface area (Å²) in [6.45, 7) is 3.18. The van der Waals surface area contributed by atoms with Gasteiger partial charge in [-0.1, -0.05) is 0 Å². The molecule has 1 aliphatic heterocycles. The van der Waals surface area contributed by atoms with E-state index in [1.807, 2.05) is 6.92 Å². The zero-order valence-corrected chi connectivity index (χ0v) is 8.54. The highest BCUT2D eigenvalue weighted by atomic mass is 16.5. The van der Waals surface area contributed by atoms with Crippen molar-refractivity contribution in [3.05, 3.63) is 11.8 Å². The van der Waals surface area contributed by atoms with Gasteiger partial charge in [0.25, 0.3) is 0 Å². The van der Waals surface area contributed by atoms with Crippen molar-refractivity contribution >= 4 is 11.8 Å². The molecule has 6 nitrogen and oxygen atoms in total. The van der Waals surface area contributed by atoms with Crippen LogP contribution in [0.25, 0.3) is 0 Å². The minimum absolute atomic E-state index is 0.116. The molecule has 1 fully saturated rings. The Kier molecular flexibility index (Phi) is 2.86. The fourth-order valence-corrected chi connectivity index (χ4v) is 1.47. The number of rotatable bonds is 2. The SMILES string of the molecule is Cc1cc(NC(=O)NC2CCOC2)n[nH]1. The Morgan fingerprint density at radius 2 is 2.60 bits per heavy atom. The van der Waals surface area contributed by atoms with Crippen molar-refractivity contribution < 1.29 is 9.53 Å². The second-order valence-corrected chi connectivity index (χ2v) is 3.60. The van der Waals surface area contributed by atoms with Gasteiger partial charge in [-0.05, 0) is 13.3 Å². The highest BCUT2D eigenvalue weighted by molar-refractivity contribution is 5.88. The Morgan fingerprint density at radius 3 is 3.20 bits per heavy atom. The van der Waals surface area contributed by atoms with E-state index < -0.39 is 0 Å². The molecule has 0 aromatic carbocycles. The van der Waals surface area contributed by atoms with Gasteiger partial charge in [-0.15, -0.1) is 0 Å². The van der Waals surface area contributed by atoms with E-state index in [2.05, 4.69) is 20.8 Å². The molecule has 0 spiro atoms. The highest BCUT2D eigenvalue weighted by Crippen LogP contribution is 2.05. The van der Waals surface area contributed by atoms with Crippen molar-refractivity contribution in [2.45, 2.75) is 19.4 Å². The van der Waals surface area contributed by atoms with Gasteiger partial charge in [-0.3, -0.25) is 10.4 Å². The summed E-state index contributed by atoms with van der Waals surface area (Å²) in [5.74, 6) is 0.531. The first-order chi connectivity index (χ1) is 7.24.